The number of hydrogen-bond acceptors (Lipinski definition) is 5. The molecular weight excluding hydrogens is 767 g/mol. The second kappa shape index (κ2) is 50.5. The van der Waals surface area contributed by atoms with Gasteiger partial charge < -0.3 is 25.7 Å². The van der Waals surface area contributed by atoms with Crippen molar-refractivity contribution in [1.29, 1.82) is 0 Å². The van der Waals surface area contributed by atoms with Crippen molar-refractivity contribution in [3.8, 4) is 0 Å². The van der Waals surface area contributed by atoms with Crippen molar-refractivity contribution in [3.63, 3.8) is 0 Å². The van der Waals surface area contributed by atoms with Crippen molar-refractivity contribution in [2.45, 2.75) is 308 Å². The monoisotopic (exact) mass is 874 g/mol. The smallest absolute Gasteiger partial charge is 0.249 e. The van der Waals surface area contributed by atoms with E-state index in [-0.39, 0.29) is 0 Å². The summed E-state index contributed by atoms with van der Waals surface area (Å²) in [7, 11) is 0. The van der Waals surface area contributed by atoms with Gasteiger partial charge in [-0.05, 0) is 64.2 Å². The molecule has 0 heterocycles. The summed E-state index contributed by atoms with van der Waals surface area (Å²) in [6.07, 6.45) is 62.1. The lowest BCUT2D eigenvalue weighted by molar-refractivity contribution is -0.132. The lowest BCUT2D eigenvalue weighted by Crippen LogP contribution is -2.53. The SMILES string of the molecule is CCCCC/C=C\C=C/CCCCCCCCCCCC(O)C(=O)NC(CO)C(O)C(O)CCC/C=C/CCCCCCCCCCCCCCCCCCCCCCCCC. The Morgan fingerprint density at radius 2 is 0.710 bits per heavy atom. The van der Waals surface area contributed by atoms with E-state index in [4.69, 9.17) is 0 Å². The molecule has 0 aliphatic carbocycles. The van der Waals surface area contributed by atoms with Gasteiger partial charge in [0.25, 0.3) is 0 Å². The summed E-state index contributed by atoms with van der Waals surface area (Å²) in [4.78, 5) is 12.6. The molecule has 6 heteroatoms. The predicted molar refractivity (Wildman–Crippen MR) is 270 cm³/mol. The standard InChI is InChI=1S/C56H107NO5/c1-3-5-7-9-11-13-15-17-19-21-23-24-25-26-27-28-29-30-31-32-34-35-37-39-41-43-45-47-49-53(59)55(61)52(51-58)57-56(62)54(60)50-48-46-44-42-40-38-36-33-22-20-18-16-14-12-10-8-6-4-2/h12,14,16,18,41,43,52-55,58-61H,3-11,13,15,17,19-40,42,44-51H2,1-2H3,(H,57,62)/b14-12-,18-16-,43-41+. The van der Waals surface area contributed by atoms with Crippen LogP contribution in [0.2, 0.25) is 0 Å². The van der Waals surface area contributed by atoms with E-state index in [1.807, 2.05) is 0 Å². The van der Waals surface area contributed by atoms with Crippen molar-refractivity contribution < 1.29 is 25.2 Å². The molecule has 366 valence electrons. The molecule has 0 aliphatic rings. The molecule has 1 amide bonds. The molecule has 0 radical (unpaired) electrons. The molecule has 0 bridgehead atoms. The van der Waals surface area contributed by atoms with Crippen LogP contribution in [0.1, 0.15) is 284 Å². The minimum Gasteiger partial charge on any atom is -0.394 e. The summed E-state index contributed by atoms with van der Waals surface area (Å²) in [6.45, 7) is 4.04. The molecule has 0 saturated heterocycles. The Morgan fingerprint density at radius 1 is 0.403 bits per heavy atom. The Morgan fingerprint density at radius 3 is 1.10 bits per heavy atom. The fraction of sp³-hybridized carbons (Fsp3) is 0.875. The second-order valence-electron chi connectivity index (χ2n) is 19.0. The van der Waals surface area contributed by atoms with Crippen LogP contribution in [0, 0.1) is 0 Å². The number of carbonyl (C=O) groups excluding carboxylic acids is 1. The van der Waals surface area contributed by atoms with E-state index in [9.17, 15) is 25.2 Å². The minimum absolute atomic E-state index is 0.357. The third-order valence-electron chi connectivity index (χ3n) is 12.9. The van der Waals surface area contributed by atoms with Gasteiger partial charge in [-0.2, -0.15) is 0 Å². The molecule has 0 aromatic carbocycles. The van der Waals surface area contributed by atoms with E-state index in [0.29, 0.717) is 12.8 Å². The number of aliphatic hydroxyl groups is 4. The van der Waals surface area contributed by atoms with Crippen LogP contribution in [0.5, 0.6) is 0 Å². The van der Waals surface area contributed by atoms with E-state index in [0.717, 1.165) is 44.9 Å². The van der Waals surface area contributed by atoms with E-state index >= 15 is 0 Å². The zero-order chi connectivity index (χ0) is 45.2. The van der Waals surface area contributed by atoms with Crippen molar-refractivity contribution in [2.24, 2.45) is 0 Å². The number of allylic oxidation sites excluding steroid dienone is 6. The fourth-order valence-electron chi connectivity index (χ4n) is 8.52. The zero-order valence-corrected chi connectivity index (χ0v) is 41.4. The molecule has 0 aromatic heterocycles. The normalized spacial score (nSPS) is 14.1. The lowest BCUT2D eigenvalue weighted by Gasteiger charge is -2.27. The van der Waals surface area contributed by atoms with Crippen LogP contribution >= 0.6 is 0 Å². The van der Waals surface area contributed by atoms with Crippen LogP contribution in [0.15, 0.2) is 36.5 Å². The highest BCUT2D eigenvalue weighted by Gasteiger charge is 2.28. The lowest BCUT2D eigenvalue weighted by atomic mass is 10.00. The van der Waals surface area contributed by atoms with Gasteiger partial charge in [0.15, 0.2) is 0 Å². The highest BCUT2D eigenvalue weighted by molar-refractivity contribution is 5.80. The van der Waals surface area contributed by atoms with E-state index in [2.05, 4.69) is 55.6 Å². The number of unbranched alkanes of at least 4 members (excludes halogenated alkanes) is 36. The summed E-state index contributed by atoms with van der Waals surface area (Å²) in [5, 5.41) is 43.9. The highest BCUT2D eigenvalue weighted by atomic mass is 16.3. The van der Waals surface area contributed by atoms with Gasteiger partial charge in [0, 0.05) is 0 Å². The number of amides is 1. The molecule has 0 aliphatic heterocycles. The molecule has 0 fully saturated rings. The van der Waals surface area contributed by atoms with Crippen LogP contribution < -0.4 is 5.32 Å². The second-order valence-corrected chi connectivity index (χ2v) is 19.0. The molecule has 5 N–H and O–H groups in total. The number of nitrogens with one attached hydrogen (secondary N) is 1. The fourth-order valence-corrected chi connectivity index (χ4v) is 8.52. The molecule has 0 aromatic rings. The zero-order valence-electron chi connectivity index (χ0n) is 41.4. The Bertz CT molecular complexity index is 981. The first-order chi connectivity index (χ1) is 30.5. The third-order valence-corrected chi connectivity index (χ3v) is 12.9. The summed E-state index contributed by atoms with van der Waals surface area (Å²) in [5.41, 5.74) is 0. The van der Waals surface area contributed by atoms with Gasteiger partial charge in [-0.1, -0.05) is 256 Å². The Kier molecular flexibility index (Phi) is 49.3. The number of hydrogen-bond donors (Lipinski definition) is 5. The summed E-state index contributed by atoms with van der Waals surface area (Å²) in [5.74, 6) is -0.596. The predicted octanol–water partition coefficient (Wildman–Crippen LogP) is 15.6. The molecule has 0 saturated carbocycles. The van der Waals surface area contributed by atoms with E-state index in [1.165, 1.54) is 212 Å². The summed E-state index contributed by atoms with van der Waals surface area (Å²) >= 11 is 0. The maximum absolute atomic E-state index is 12.6. The van der Waals surface area contributed by atoms with Crippen molar-refractivity contribution in [1.82, 2.24) is 5.32 Å². The highest BCUT2D eigenvalue weighted by Crippen LogP contribution is 2.17. The molecule has 6 nitrogen and oxygen atoms in total. The van der Waals surface area contributed by atoms with Gasteiger partial charge >= 0.3 is 0 Å². The maximum Gasteiger partial charge on any atom is 0.249 e. The van der Waals surface area contributed by atoms with Gasteiger partial charge in [0.1, 0.15) is 12.2 Å². The average molecular weight is 874 g/mol. The van der Waals surface area contributed by atoms with Gasteiger partial charge in [-0.25, -0.2) is 0 Å². The van der Waals surface area contributed by atoms with Crippen LogP contribution in [0.4, 0.5) is 0 Å². The molecule has 62 heavy (non-hydrogen) atoms. The largest absolute Gasteiger partial charge is 0.394 e. The average Bonchev–Trinajstić information content (AvgIpc) is 3.28. The third kappa shape index (κ3) is 43.8. The van der Waals surface area contributed by atoms with Crippen LogP contribution in [0.25, 0.3) is 0 Å². The van der Waals surface area contributed by atoms with Crippen molar-refractivity contribution in [3.05, 3.63) is 36.5 Å². The molecule has 4 unspecified atom stereocenters. The van der Waals surface area contributed by atoms with Gasteiger partial charge in [-0.15, -0.1) is 0 Å². The van der Waals surface area contributed by atoms with Gasteiger partial charge in [0.05, 0.1) is 18.8 Å². The molecule has 4 atom stereocenters. The Labute approximate surface area is 386 Å². The first-order valence-corrected chi connectivity index (χ1v) is 27.4. The molecule has 0 spiro atoms. The number of carbonyl (C=O) groups is 1. The maximum atomic E-state index is 12.6. The number of aliphatic hydroxyl groups excluding tert-OH is 4. The topological polar surface area (TPSA) is 110 Å². The first kappa shape index (κ1) is 60.5. The van der Waals surface area contributed by atoms with E-state index < -0.39 is 36.9 Å². The van der Waals surface area contributed by atoms with E-state index in [1.54, 1.807) is 0 Å². The van der Waals surface area contributed by atoms with Gasteiger partial charge in [-0.3, -0.25) is 4.79 Å². The Balaban J connectivity index is 3.65. The van der Waals surface area contributed by atoms with Crippen molar-refractivity contribution >= 4 is 5.91 Å². The first-order valence-electron chi connectivity index (χ1n) is 27.4. The quantitative estimate of drug-likeness (QED) is 0.0238. The van der Waals surface area contributed by atoms with Crippen LogP contribution in [-0.2, 0) is 4.79 Å². The van der Waals surface area contributed by atoms with Crippen LogP contribution in [0.3, 0.4) is 0 Å². The molecule has 0 rings (SSSR count). The van der Waals surface area contributed by atoms with Crippen molar-refractivity contribution in [2.75, 3.05) is 6.61 Å². The summed E-state index contributed by atoms with van der Waals surface area (Å²) < 4.78 is 0. The van der Waals surface area contributed by atoms with Gasteiger partial charge in [0.2, 0.25) is 5.91 Å². The van der Waals surface area contributed by atoms with Crippen LogP contribution in [-0.4, -0.2) is 57.3 Å². The number of rotatable bonds is 50. The molecular formula is C56H107NO5. The Hall–Kier alpha value is -1.47. The minimum atomic E-state index is -1.28. The summed E-state index contributed by atoms with van der Waals surface area (Å²) in [6, 6.07) is -1.00.